The zero-order valence-corrected chi connectivity index (χ0v) is 18.0. The summed E-state index contributed by atoms with van der Waals surface area (Å²) in [7, 11) is -3.00. The van der Waals surface area contributed by atoms with Crippen molar-refractivity contribution in [1.29, 1.82) is 0 Å². The minimum Gasteiger partial charge on any atom is -0.338 e. The summed E-state index contributed by atoms with van der Waals surface area (Å²) in [5, 5.41) is 4.21. The van der Waals surface area contributed by atoms with E-state index in [2.05, 4.69) is 18.9 Å². The van der Waals surface area contributed by atoms with Crippen molar-refractivity contribution in [1.82, 2.24) is 14.7 Å². The topological polar surface area (TPSA) is 72.3 Å². The zero-order chi connectivity index (χ0) is 20.1. The molecule has 6 nitrogen and oxygen atoms in total. The lowest BCUT2D eigenvalue weighted by atomic mass is 10.1. The maximum Gasteiger partial charge on any atom is 0.232 e. The van der Waals surface area contributed by atoms with Crippen molar-refractivity contribution in [2.24, 2.45) is 5.92 Å². The molecule has 0 unspecified atom stereocenters. The first kappa shape index (κ1) is 20.9. The predicted molar refractivity (Wildman–Crippen MR) is 113 cm³/mol. The highest BCUT2D eigenvalue weighted by Crippen LogP contribution is 2.21. The Morgan fingerprint density at radius 2 is 2.07 bits per heavy atom. The number of nitrogens with zero attached hydrogens (tertiary/aromatic N) is 3. The molecule has 0 saturated carbocycles. The van der Waals surface area contributed by atoms with Gasteiger partial charge in [-0.15, -0.1) is 11.8 Å². The van der Waals surface area contributed by atoms with Crippen LogP contribution in [0.3, 0.4) is 0 Å². The molecule has 152 valence electrons. The van der Waals surface area contributed by atoms with Crippen LogP contribution in [0.15, 0.2) is 42.7 Å². The maximum absolute atomic E-state index is 12.8. The van der Waals surface area contributed by atoms with Crippen molar-refractivity contribution >= 4 is 27.5 Å². The third kappa shape index (κ3) is 5.61. The number of amides is 1. The van der Waals surface area contributed by atoms with Gasteiger partial charge in [0.25, 0.3) is 0 Å². The summed E-state index contributed by atoms with van der Waals surface area (Å²) < 4.78 is 25.4. The molecule has 1 saturated heterocycles. The summed E-state index contributed by atoms with van der Waals surface area (Å²) in [6, 6.07) is 9.83. The normalized spacial score (nSPS) is 18.5. The third-order valence-corrected chi connectivity index (χ3v) is 7.47. The van der Waals surface area contributed by atoms with Crippen LogP contribution in [0.25, 0.3) is 5.69 Å². The molecule has 0 radical (unpaired) electrons. The lowest BCUT2D eigenvalue weighted by Gasteiger charge is -2.30. The van der Waals surface area contributed by atoms with Gasteiger partial charge in [0, 0.05) is 30.7 Å². The molecule has 2 heterocycles. The fraction of sp³-hybridized carbons (Fsp3) is 0.500. The Labute approximate surface area is 171 Å². The number of benzene rings is 1. The van der Waals surface area contributed by atoms with E-state index in [0.717, 1.165) is 17.0 Å². The van der Waals surface area contributed by atoms with E-state index in [1.54, 1.807) is 27.5 Å². The molecule has 1 amide bonds. The number of carbonyl (C=O) groups is 1. The molecule has 2 aromatic rings. The number of thioether (sulfide) groups is 1. The number of hydrogen-bond donors (Lipinski definition) is 0. The van der Waals surface area contributed by atoms with Crippen molar-refractivity contribution in [2.75, 3.05) is 23.8 Å². The molecule has 1 fully saturated rings. The van der Waals surface area contributed by atoms with Gasteiger partial charge in [-0.25, -0.2) is 13.1 Å². The molecular formula is C20H27N3O3S2. The van der Waals surface area contributed by atoms with Crippen LogP contribution < -0.4 is 0 Å². The smallest absolute Gasteiger partial charge is 0.232 e. The molecule has 0 aliphatic carbocycles. The monoisotopic (exact) mass is 421 g/mol. The van der Waals surface area contributed by atoms with Crippen molar-refractivity contribution in [3.05, 3.63) is 48.3 Å². The summed E-state index contributed by atoms with van der Waals surface area (Å²) in [6.07, 6.45) is 4.20. The van der Waals surface area contributed by atoms with E-state index in [4.69, 9.17) is 0 Å². The Morgan fingerprint density at radius 1 is 1.32 bits per heavy atom. The highest BCUT2D eigenvalue weighted by atomic mass is 32.2. The van der Waals surface area contributed by atoms with Crippen LogP contribution in [0.2, 0.25) is 0 Å². The SMILES string of the molecule is CC(C)CN(C(=O)CSCc1ccc(-n2cccn2)cc1)[C@H]1CCS(=O)(=O)C1. The van der Waals surface area contributed by atoms with E-state index in [9.17, 15) is 13.2 Å². The lowest BCUT2D eigenvalue weighted by molar-refractivity contribution is -0.130. The summed E-state index contributed by atoms with van der Waals surface area (Å²) >= 11 is 1.57. The van der Waals surface area contributed by atoms with E-state index in [1.165, 1.54) is 0 Å². The summed E-state index contributed by atoms with van der Waals surface area (Å²) in [5.74, 6) is 1.75. The van der Waals surface area contributed by atoms with Crippen LogP contribution in [0.4, 0.5) is 0 Å². The summed E-state index contributed by atoms with van der Waals surface area (Å²) in [5.41, 5.74) is 2.15. The van der Waals surface area contributed by atoms with Crippen molar-refractivity contribution in [3.63, 3.8) is 0 Å². The lowest BCUT2D eigenvalue weighted by Crippen LogP contribution is -2.44. The quantitative estimate of drug-likeness (QED) is 0.655. The van der Waals surface area contributed by atoms with Gasteiger partial charge in [-0.2, -0.15) is 5.10 Å². The van der Waals surface area contributed by atoms with Crippen molar-refractivity contribution in [3.8, 4) is 5.69 Å². The van der Waals surface area contributed by atoms with E-state index >= 15 is 0 Å². The molecule has 28 heavy (non-hydrogen) atoms. The van der Waals surface area contributed by atoms with E-state index in [-0.39, 0.29) is 23.5 Å². The molecule has 1 aromatic heterocycles. The maximum atomic E-state index is 12.8. The van der Waals surface area contributed by atoms with E-state index in [0.29, 0.717) is 24.6 Å². The Balaban J connectivity index is 1.54. The highest BCUT2D eigenvalue weighted by molar-refractivity contribution is 7.99. The van der Waals surface area contributed by atoms with Crippen LogP contribution in [-0.2, 0) is 20.4 Å². The highest BCUT2D eigenvalue weighted by Gasteiger charge is 2.34. The Morgan fingerprint density at radius 3 is 2.64 bits per heavy atom. The Hall–Kier alpha value is -1.80. The minimum atomic E-state index is -3.00. The molecule has 1 aromatic carbocycles. The first-order chi connectivity index (χ1) is 13.3. The molecule has 0 N–H and O–H groups in total. The first-order valence-corrected chi connectivity index (χ1v) is 12.5. The van der Waals surface area contributed by atoms with E-state index < -0.39 is 9.84 Å². The predicted octanol–water partition coefficient (Wildman–Crippen LogP) is 2.78. The molecule has 1 aliphatic heterocycles. The Kier molecular flexibility index (Phi) is 6.82. The summed E-state index contributed by atoms with van der Waals surface area (Å²) in [6.45, 7) is 4.72. The molecular weight excluding hydrogens is 394 g/mol. The number of aromatic nitrogens is 2. The molecule has 0 spiro atoms. The van der Waals surface area contributed by atoms with E-state index in [1.807, 2.05) is 36.5 Å². The molecule has 3 rings (SSSR count). The van der Waals surface area contributed by atoms with Crippen LogP contribution in [0.1, 0.15) is 25.8 Å². The fourth-order valence-electron chi connectivity index (χ4n) is 3.37. The van der Waals surface area contributed by atoms with Gasteiger partial charge in [0.05, 0.1) is 22.9 Å². The van der Waals surface area contributed by atoms with Gasteiger partial charge in [-0.05, 0) is 36.1 Å². The second kappa shape index (κ2) is 9.13. The second-order valence-electron chi connectivity index (χ2n) is 7.61. The van der Waals surface area contributed by atoms with Gasteiger partial charge in [0.1, 0.15) is 0 Å². The van der Waals surface area contributed by atoms with Crippen molar-refractivity contribution < 1.29 is 13.2 Å². The Bertz CT molecular complexity index is 878. The number of hydrogen-bond acceptors (Lipinski definition) is 5. The fourth-order valence-corrected chi connectivity index (χ4v) is 5.98. The molecule has 1 atom stereocenters. The third-order valence-electron chi connectivity index (χ3n) is 4.73. The zero-order valence-electron chi connectivity index (χ0n) is 16.3. The molecule has 1 aliphatic rings. The number of rotatable bonds is 8. The van der Waals surface area contributed by atoms with Gasteiger partial charge < -0.3 is 4.90 Å². The second-order valence-corrected chi connectivity index (χ2v) is 10.8. The van der Waals surface area contributed by atoms with Crippen LogP contribution in [-0.4, -0.2) is 58.9 Å². The first-order valence-electron chi connectivity index (χ1n) is 9.50. The minimum absolute atomic E-state index is 0.0361. The standard InChI is InChI=1S/C20H27N3O3S2/c1-16(2)12-22(19-8-11-28(25,26)15-19)20(24)14-27-13-17-4-6-18(7-5-17)23-10-3-9-21-23/h3-7,9-10,16,19H,8,11-15H2,1-2H3/t19-/m0/s1. The average molecular weight is 422 g/mol. The number of sulfone groups is 1. The van der Waals surface area contributed by atoms with Gasteiger partial charge in [-0.1, -0.05) is 26.0 Å². The van der Waals surface area contributed by atoms with Crippen LogP contribution in [0.5, 0.6) is 0 Å². The van der Waals surface area contributed by atoms with Gasteiger partial charge in [0.2, 0.25) is 5.91 Å². The largest absolute Gasteiger partial charge is 0.338 e. The van der Waals surface area contributed by atoms with Gasteiger partial charge in [-0.3, -0.25) is 4.79 Å². The van der Waals surface area contributed by atoms with Gasteiger partial charge >= 0.3 is 0 Å². The van der Waals surface area contributed by atoms with Crippen molar-refractivity contribution in [2.45, 2.75) is 32.1 Å². The average Bonchev–Trinajstić information content (AvgIpc) is 3.29. The van der Waals surface area contributed by atoms with Crippen LogP contribution in [0, 0.1) is 5.92 Å². The van der Waals surface area contributed by atoms with Gasteiger partial charge in [0.15, 0.2) is 9.84 Å². The molecule has 0 bridgehead atoms. The molecule has 8 heteroatoms. The number of carbonyl (C=O) groups excluding carboxylic acids is 1. The van der Waals surface area contributed by atoms with Crippen LogP contribution >= 0.6 is 11.8 Å². The summed E-state index contributed by atoms with van der Waals surface area (Å²) in [4.78, 5) is 14.6.